The second-order valence-corrected chi connectivity index (χ2v) is 25.2. The van der Waals surface area contributed by atoms with Crippen molar-refractivity contribution in [3.05, 3.63) is 386 Å². The van der Waals surface area contributed by atoms with Gasteiger partial charge < -0.3 is 18.9 Å². The molecule has 0 atom stereocenters. The molecule has 4 nitrogen and oxygen atoms in total. The largest absolute Gasteiger partial charge is 0.310 e. The van der Waals surface area contributed by atoms with Crippen molar-refractivity contribution in [2.75, 3.05) is 9.80 Å². The number of fused-ring (bicyclic) bond motifs is 16. The Kier molecular flexibility index (Phi) is 12.5. The molecular weight excluding hydrogens is 1150 g/mol. The smallest absolute Gasteiger partial charge is 0.0725 e. The van der Waals surface area contributed by atoms with Crippen LogP contribution < -0.4 is 9.80 Å². The van der Waals surface area contributed by atoms with Crippen molar-refractivity contribution < 1.29 is 0 Å². The molecule has 0 unspecified atom stereocenters. The van der Waals surface area contributed by atoms with Gasteiger partial charge in [-0.1, -0.05) is 243 Å². The molecule has 95 heavy (non-hydrogen) atoms. The Morgan fingerprint density at radius 2 is 0.537 bits per heavy atom. The number of hydrogen-bond donors (Lipinski definition) is 0. The van der Waals surface area contributed by atoms with Gasteiger partial charge in [0.05, 0.1) is 27.5 Å². The van der Waals surface area contributed by atoms with Crippen LogP contribution in [-0.4, -0.2) is 9.13 Å². The minimum Gasteiger partial charge on any atom is -0.310 e. The molecule has 2 heterocycles. The Morgan fingerprint density at radius 1 is 0.189 bits per heavy atom. The Bertz CT molecular complexity index is 5540. The normalized spacial score (nSPS) is 12.5. The summed E-state index contributed by atoms with van der Waals surface area (Å²) < 4.78 is 4.81. The van der Waals surface area contributed by atoms with Crippen molar-refractivity contribution in [1.29, 1.82) is 0 Å². The van der Waals surface area contributed by atoms with Crippen molar-refractivity contribution >= 4 is 77.7 Å². The summed E-state index contributed by atoms with van der Waals surface area (Å²) in [6.45, 7) is 0. The highest BCUT2D eigenvalue weighted by Crippen LogP contribution is 2.63. The second kappa shape index (κ2) is 21.8. The quantitative estimate of drug-likeness (QED) is 0.128. The first kappa shape index (κ1) is 54.3. The molecule has 0 bridgehead atoms. The predicted molar refractivity (Wildman–Crippen MR) is 397 cm³/mol. The molecule has 4 heteroatoms. The van der Waals surface area contributed by atoms with E-state index in [2.05, 4.69) is 383 Å². The topological polar surface area (TPSA) is 16.3 Å². The highest BCUT2D eigenvalue weighted by atomic mass is 15.2. The second-order valence-electron chi connectivity index (χ2n) is 25.2. The van der Waals surface area contributed by atoms with Crippen molar-refractivity contribution in [2.45, 2.75) is 5.41 Å². The van der Waals surface area contributed by atoms with Crippen molar-refractivity contribution in [1.82, 2.24) is 9.13 Å². The molecule has 1 spiro atoms. The Labute approximate surface area is 552 Å². The van der Waals surface area contributed by atoms with E-state index in [0.717, 1.165) is 101 Å². The van der Waals surface area contributed by atoms with E-state index in [1.54, 1.807) is 0 Å². The summed E-state index contributed by atoms with van der Waals surface area (Å²) in [6.07, 6.45) is 0. The number of rotatable bonds is 11. The van der Waals surface area contributed by atoms with E-state index >= 15 is 0 Å². The van der Waals surface area contributed by atoms with E-state index in [-0.39, 0.29) is 0 Å². The van der Waals surface area contributed by atoms with Crippen molar-refractivity contribution in [3.63, 3.8) is 0 Å². The van der Waals surface area contributed by atoms with Crippen LogP contribution in [0, 0.1) is 0 Å². The summed E-state index contributed by atoms with van der Waals surface area (Å²) in [4.78, 5) is 4.99. The minimum absolute atomic E-state index is 0.536. The molecule has 0 amide bonds. The summed E-state index contributed by atoms with van der Waals surface area (Å²) in [6, 6.07) is 135. The molecule has 0 radical (unpaired) electrons. The van der Waals surface area contributed by atoms with Crippen LogP contribution in [0.25, 0.3) is 111 Å². The van der Waals surface area contributed by atoms with Crippen molar-refractivity contribution in [3.8, 4) is 67.0 Å². The summed E-state index contributed by atoms with van der Waals surface area (Å²) in [5.41, 5.74) is 29.6. The van der Waals surface area contributed by atoms with Gasteiger partial charge in [0, 0.05) is 67.0 Å². The lowest BCUT2D eigenvalue weighted by Gasteiger charge is -2.32. The third kappa shape index (κ3) is 8.55. The van der Waals surface area contributed by atoms with E-state index in [1.165, 1.54) is 66.1 Å². The van der Waals surface area contributed by atoms with Crippen LogP contribution in [0.1, 0.15) is 22.3 Å². The van der Waals surface area contributed by atoms with E-state index in [1.807, 2.05) is 0 Å². The molecular formula is C91H60N4. The predicted octanol–water partition coefficient (Wildman–Crippen LogP) is 24.2. The van der Waals surface area contributed by atoms with E-state index < -0.39 is 5.41 Å². The molecule has 17 aromatic rings. The standard InChI is InChI=1S/C91H60N4/c1-5-25-61(26-6-1)63-29-23-35-69(53-63)92(71-48-51-89-81(59-71)79-40-16-21-45-87(79)94(89)67-31-9-3-10-32-67)73-55-66(65-47-50-78-77-39-15-20-44-85(77)91(86(78)57-65)83-42-18-13-37-75(83)76-38-14-19-43-84(76)91)56-74(58-73)93(70-36-24-30-64(54-70)62-27-7-2-8-28-62)72-49-52-90-82(60-72)80-41-17-22-46-88(80)95(90)68-33-11-4-12-34-68/h1-60H. The van der Waals surface area contributed by atoms with E-state index in [4.69, 9.17) is 0 Å². The van der Waals surface area contributed by atoms with Crippen LogP contribution in [0.3, 0.4) is 0 Å². The van der Waals surface area contributed by atoms with Gasteiger partial charge in [0.15, 0.2) is 0 Å². The van der Waals surface area contributed by atoms with Crippen LogP contribution >= 0.6 is 0 Å². The zero-order valence-electron chi connectivity index (χ0n) is 51.9. The summed E-state index contributed by atoms with van der Waals surface area (Å²) >= 11 is 0. The first-order valence-electron chi connectivity index (χ1n) is 32.8. The van der Waals surface area contributed by atoms with Gasteiger partial charge >= 0.3 is 0 Å². The third-order valence-electron chi connectivity index (χ3n) is 20.0. The van der Waals surface area contributed by atoms with Gasteiger partial charge in [-0.15, -0.1) is 0 Å². The number of para-hydroxylation sites is 4. The van der Waals surface area contributed by atoms with Crippen LogP contribution in [-0.2, 0) is 5.41 Å². The molecule has 0 saturated carbocycles. The van der Waals surface area contributed by atoms with Gasteiger partial charge in [0.1, 0.15) is 0 Å². The van der Waals surface area contributed by atoms with E-state index in [0.29, 0.717) is 0 Å². The first-order valence-corrected chi connectivity index (χ1v) is 32.8. The van der Waals surface area contributed by atoms with Crippen LogP contribution in [0.15, 0.2) is 364 Å². The van der Waals surface area contributed by atoms with Gasteiger partial charge in [-0.3, -0.25) is 0 Å². The highest BCUT2D eigenvalue weighted by Gasteiger charge is 2.51. The molecule has 0 fully saturated rings. The van der Waals surface area contributed by atoms with E-state index in [9.17, 15) is 0 Å². The molecule has 0 saturated heterocycles. The van der Waals surface area contributed by atoms with Gasteiger partial charge in [-0.2, -0.15) is 0 Å². The Hall–Kier alpha value is -12.5. The monoisotopic (exact) mass is 1210 g/mol. The Balaban J connectivity index is 0.906. The van der Waals surface area contributed by atoms with Gasteiger partial charge in [0.25, 0.3) is 0 Å². The maximum atomic E-state index is 2.53. The lowest BCUT2D eigenvalue weighted by molar-refractivity contribution is 0.794. The third-order valence-corrected chi connectivity index (χ3v) is 20.0. The number of anilines is 6. The zero-order valence-corrected chi connectivity index (χ0v) is 51.9. The van der Waals surface area contributed by atoms with Crippen LogP contribution in [0.4, 0.5) is 34.1 Å². The average molecular weight is 1210 g/mol. The highest BCUT2D eigenvalue weighted by molar-refractivity contribution is 6.12. The minimum atomic E-state index is -0.536. The fourth-order valence-corrected chi connectivity index (χ4v) is 16.0. The molecule has 444 valence electrons. The lowest BCUT2D eigenvalue weighted by atomic mass is 9.70. The van der Waals surface area contributed by atoms with Crippen molar-refractivity contribution in [2.24, 2.45) is 0 Å². The fourth-order valence-electron chi connectivity index (χ4n) is 16.0. The lowest BCUT2D eigenvalue weighted by Crippen LogP contribution is -2.25. The van der Waals surface area contributed by atoms with Gasteiger partial charge in [-0.05, 0) is 199 Å². The number of hydrogen-bond acceptors (Lipinski definition) is 2. The summed E-state index contributed by atoms with van der Waals surface area (Å²) in [7, 11) is 0. The molecule has 19 rings (SSSR count). The number of benzene rings is 15. The number of nitrogens with zero attached hydrogens (tertiary/aromatic N) is 4. The van der Waals surface area contributed by atoms with Gasteiger partial charge in [0.2, 0.25) is 0 Å². The van der Waals surface area contributed by atoms with Crippen LogP contribution in [0.5, 0.6) is 0 Å². The molecule has 0 N–H and O–H groups in total. The fraction of sp³-hybridized carbons (Fsp3) is 0.0110. The summed E-state index contributed by atoms with van der Waals surface area (Å²) in [5.74, 6) is 0. The number of aromatic nitrogens is 2. The average Bonchev–Trinajstić information content (AvgIpc) is 1.51. The SMILES string of the molecule is c1ccc(-c2cccc(N(c3cc(-c4ccc5c(c4)C4(c6ccccc6-c6ccccc64)c4ccccc4-5)cc(N(c4cccc(-c5ccccc5)c4)c4ccc5c(c4)c4ccccc4n5-c4ccccc4)c3)c3ccc4c(c3)c3ccccc3n4-c3ccccc3)c2)cc1. The molecule has 0 aliphatic heterocycles. The molecule has 2 aliphatic carbocycles. The summed E-state index contributed by atoms with van der Waals surface area (Å²) in [5, 5.41) is 4.73. The van der Waals surface area contributed by atoms with Gasteiger partial charge in [-0.25, -0.2) is 0 Å². The maximum absolute atomic E-state index is 2.53. The zero-order chi connectivity index (χ0) is 62.6. The van der Waals surface area contributed by atoms with Crippen LogP contribution in [0.2, 0.25) is 0 Å². The molecule has 15 aromatic carbocycles. The Morgan fingerprint density at radius 3 is 1.00 bits per heavy atom. The molecule has 2 aromatic heterocycles. The molecule has 2 aliphatic rings. The maximum Gasteiger partial charge on any atom is 0.0725 e. The first-order chi connectivity index (χ1) is 47.1.